The summed E-state index contributed by atoms with van der Waals surface area (Å²) in [6.45, 7) is 4.48. The molecular formula is C14H17N3O2. The van der Waals surface area contributed by atoms with Crippen LogP contribution >= 0.6 is 0 Å². The number of anilines is 1. The first-order valence-corrected chi connectivity index (χ1v) is 6.35. The number of carbonyl (C=O) groups is 2. The van der Waals surface area contributed by atoms with E-state index >= 15 is 0 Å². The summed E-state index contributed by atoms with van der Waals surface area (Å²) in [5.41, 5.74) is 4.75. The van der Waals surface area contributed by atoms with Crippen LogP contribution in [0.15, 0.2) is 29.4 Å². The highest BCUT2D eigenvalue weighted by atomic mass is 16.2. The third kappa shape index (κ3) is 2.99. The summed E-state index contributed by atoms with van der Waals surface area (Å²) in [4.78, 5) is 25.1. The van der Waals surface area contributed by atoms with Crippen LogP contribution in [0.25, 0.3) is 0 Å². The largest absolute Gasteiger partial charge is 0.308 e. The van der Waals surface area contributed by atoms with Gasteiger partial charge in [-0.2, -0.15) is 5.10 Å². The second-order valence-electron chi connectivity index (χ2n) is 4.48. The first kappa shape index (κ1) is 13.3. The van der Waals surface area contributed by atoms with E-state index in [2.05, 4.69) is 10.5 Å². The number of nitrogens with zero attached hydrogens (tertiary/aromatic N) is 2. The Kier molecular flexibility index (Phi) is 3.94. The Bertz CT molecular complexity index is 520. The molecule has 5 nitrogen and oxygen atoms in total. The molecule has 0 fully saturated rings. The van der Waals surface area contributed by atoms with E-state index in [1.807, 2.05) is 38.1 Å². The maximum absolute atomic E-state index is 12.4. The second-order valence-corrected chi connectivity index (χ2v) is 4.48. The quantitative estimate of drug-likeness (QED) is 0.896. The molecule has 1 aromatic carbocycles. The highest BCUT2D eigenvalue weighted by molar-refractivity contribution is 6.44. The zero-order chi connectivity index (χ0) is 13.8. The molecule has 1 aliphatic heterocycles. The predicted molar refractivity (Wildman–Crippen MR) is 74.0 cm³/mol. The number of hydrazone groups is 1. The molecule has 0 aromatic heterocycles. The number of nitrogens with one attached hydrogen (secondary N) is 1. The van der Waals surface area contributed by atoms with Gasteiger partial charge in [0.15, 0.2) is 0 Å². The fraction of sp³-hybridized carbons (Fsp3) is 0.357. The Morgan fingerprint density at radius 1 is 1.32 bits per heavy atom. The third-order valence-electron chi connectivity index (χ3n) is 3.06. The minimum Gasteiger partial charge on any atom is -0.308 e. The van der Waals surface area contributed by atoms with Gasteiger partial charge < -0.3 is 4.90 Å². The number of amides is 2. The van der Waals surface area contributed by atoms with Crippen LogP contribution in [0.4, 0.5) is 5.69 Å². The van der Waals surface area contributed by atoms with E-state index in [1.54, 1.807) is 4.90 Å². The van der Waals surface area contributed by atoms with Crippen molar-refractivity contribution in [2.45, 2.75) is 26.7 Å². The van der Waals surface area contributed by atoms with Gasteiger partial charge >= 0.3 is 0 Å². The van der Waals surface area contributed by atoms with Gasteiger partial charge in [0.2, 0.25) is 5.91 Å². The Balaban J connectivity index is 2.20. The molecule has 0 spiro atoms. The van der Waals surface area contributed by atoms with Crippen LogP contribution in [-0.2, 0) is 9.59 Å². The minimum atomic E-state index is -0.147. The summed E-state index contributed by atoms with van der Waals surface area (Å²) in [6, 6.07) is 7.77. The molecule has 2 rings (SSSR count). The molecule has 1 N–H and O–H groups in total. The molecule has 0 aliphatic carbocycles. The SMILES string of the molecule is CCN(C(=O)C1=NNC(=O)CC1)c1ccc(C)cc1. The predicted octanol–water partition coefficient (Wildman–Crippen LogP) is 1.61. The fourth-order valence-corrected chi connectivity index (χ4v) is 1.95. The topological polar surface area (TPSA) is 61.8 Å². The van der Waals surface area contributed by atoms with Crippen LogP contribution in [0.5, 0.6) is 0 Å². The lowest BCUT2D eigenvalue weighted by Gasteiger charge is -2.23. The van der Waals surface area contributed by atoms with Crippen molar-refractivity contribution in [2.24, 2.45) is 5.10 Å². The number of aryl methyl sites for hydroxylation is 1. The van der Waals surface area contributed by atoms with Crippen molar-refractivity contribution >= 4 is 23.2 Å². The second kappa shape index (κ2) is 5.65. The summed E-state index contributed by atoms with van der Waals surface area (Å²) in [5, 5.41) is 3.85. The Morgan fingerprint density at radius 2 is 2.00 bits per heavy atom. The molecule has 5 heteroatoms. The lowest BCUT2D eigenvalue weighted by molar-refractivity contribution is -0.121. The van der Waals surface area contributed by atoms with Gasteiger partial charge in [-0.3, -0.25) is 9.59 Å². The molecule has 0 saturated carbocycles. The smallest absolute Gasteiger partial charge is 0.274 e. The molecule has 0 radical (unpaired) electrons. The van der Waals surface area contributed by atoms with E-state index in [4.69, 9.17) is 0 Å². The van der Waals surface area contributed by atoms with Crippen molar-refractivity contribution in [2.75, 3.05) is 11.4 Å². The first-order chi connectivity index (χ1) is 9.11. The standard InChI is InChI=1S/C14H17N3O2/c1-3-17(11-6-4-10(2)5-7-11)14(19)12-8-9-13(18)16-15-12/h4-7H,3,8-9H2,1-2H3,(H,16,18). The zero-order valence-electron chi connectivity index (χ0n) is 11.1. The lowest BCUT2D eigenvalue weighted by Crippen LogP contribution is -2.40. The van der Waals surface area contributed by atoms with E-state index in [-0.39, 0.29) is 11.8 Å². The van der Waals surface area contributed by atoms with Crippen LogP contribution in [0.1, 0.15) is 25.3 Å². The molecule has 1 aromatic rings. The van der Waals surface area contributed by atoms with Gasteiger partial charge in [-0.1, -0.05) is 17.7 Å². The third-order valence-corrected chi connectivity index (χ3v) is 3.06. The molecule has 2 amide bonds. The van der Waals surface area contributed by atoms with E-state index < -0.39 is 0 Å². The molecule has 1 heterocycles. The van der Waals surface area contributed by atoms with Gasteiger partial charge in [0.05, 0.1) is 0 Å². The maximum atomic E-state index is 12.4. The summed E-state index contributed by atoms with van der Waals surface area (Å²) < 4.78 is 0. The van der Waals surface area contributed by atoms with Crippen LogP contribution in [0.2, 0.25) is 0 Å². The van der Waals surface area contributed by atoms with Crippen molar-refractivity contribution in [3.05, 3.63) is 29.8 Å². The van der Waals surface area contributed by atoms with Crippen LogP contribution in [0, 0.1) is 6.92 Å². The van der Waals surface area contributed by atoms with Crippen LogP contribution in [0.3, 0.4) is 0 Å². The van der Waals surface area contributed by atoms with Crippen molar-refractivity contribution in [3.63, 3.8) is 0 Å². The van der Waals surface area contributed by atoms with E-state index in [1.165, 1.54) is 0 Å². The first-order valence-electron chi connectivity index (χ1n) is 6.35. The summed E-state index contributed by atoms with van der Waals surface area (Å²) in [5.74, 6) is -0.290. The number of hydrogen-bond acceptors (Lipinski definition) is 3. The minimum absolute atomic E-state index is 0.144. The average molecular weight is 259 g/mol. The molecule has 0 atom stereocenters. The number of benzene rings is 1. The highest BCUT2D eigenvalue weighted by Crippen LogP contribution is 2.16. The molecule has 1 aliphatic rings. The average Bonchev–Trinajstić information content (AvgIpc) is 2.42. The Labute approximate surface area is 112 Å². The monoisotopic (exact) mass is 259 g/mol. The van der Waals surface area contributed by atoms with Gasteiger partial charge in [-0.25, -0.2) is 5.43 Å². The van der Waals surface area contributed by atoms with Crippen molar-refractivity contribution in [1.82, 2.24) is 5.43 Å². The number of carbonyl (C=O) groups excluding carboxylic acids is 2. The van der Waals surface area contributed by atoms with Crippen LogP contribution in [-0.4, -0.2) is 24.1 Å². The van der Waals surface area contributed by atoms with Gasteiger partial charge in [-0.05, 0) is 26.0 Å². The Morgan fingerprint density at radius 3 is 2.53 bits per heavy atom. The molecule has 0 unspecified atom stereocenters. The molecule has 0 bridgehead atoms. The molecule has 0 saturated heterocycles. The lowest BCUT2D eigenvalue weighted by atomic mass is 10.1. The zero-order valence-corrected chi connectivity index (χ0v) is 11.1. The fourth-order valence-electron chi connectivity index (χ4n) is 1.95. The van der Waals surface area contributed by atoms with Crippen molar-refractivity contribution in [1.29, 1.82) is 0 Å². The maximum Gasteiger partial charge on any atom is 0.274 e. The van der Waals surface area contributed by atoms with Gasteiger partial charge in [0.25, 0.3) is 5.91 Å². The summed E-state index contributed by atoms with van der Waals surface area (Å²) in [7, 11) is 0. The normalized spacial score (nSPS) is 14.6. The molecular weight excluding hydrogens is 242 g/mol. The van der Waals surface area contributed by atoms with Gasteiger partial charge in [0.1, 0.15) is 5.71 Å². The highest BCUT2D eigenvalue weighted by Gasteiger charge is 2.23. The van der Waals surface area contributed by atoms with Crippen LogP contribution < -0.4 is 10.3 Å². The number of rotatable bonds is 3. The summed E-state index contributed by atoms with van der Waals surface area (Å²) in [6.07, 6.45) is 0.711. The number of hydrogen-bond donors (Lipinski definition) is 1. The van der Waals surface area contributed by atoms with E-state index in [9.17, 15) is 9.59 Å². The van der Waals surface area contributed by atoms with Gasteiger partial charge in [0, 0.05) is 25.1 Å². The molecule has 100 valence electrons. The van der Waals surface area contributed by atoms with Crippen molar-refractivity contribution in [3.8, 4) is 0 Å². The molecule has 19 heavy (non-hydrogen) atoms. The van der Waals surface area contributed by atoms with E-state index in [0.717, 1.165) is 11.3 Å². The van der Waals surface area contributed by atoms with Crippen molar-refractivity contribution < 1.29 is 9.59 Å². The summed E-state index contributed by atoms with van der Waals surface area (Å²) >= 11 is 0. The Hall–Kier alpha value is -2.17. The van der Waals surface area contributed by atoms with E-state index in [0.29, 0.717) is 25.1 Å². The van der Waals surface area contributed by atoms with Gasteiger partial charge in [-0.15, -0.1) is 0 Å².